The van der Waals surface area contributed by atoms with Crippen molar-refractivity contribution in [3.8, 4) is 0 Å². The van der Waals surface area contributed by atoms with Gasteiger partial charge in [-0.2, -0.15) is 0 Å². The molecule has 34 nitrogen and oxygen atoms in total. The summed E-state index contributed by atoms with van der Waals surface area (Å²) in [5.41, 5.74) is -17.9. The van der Waals surface area contributed by atoms with Crippen LogP contribution in [0.5, 0.6) is 0 Å². The molecule has 135 heavy (non-hydrogen) atoms. The van der Waals surface area contributed by atoms with E-state index in [1.54, 1.807) is 84.9 Å². The van der Waals surface area contributed by atoms with Crippen LogP contribution in [0.3, 0.4) is 0 Å². The summed E-state index contributed by atoms with van der Waals surface area (Å²) in [5.74, 6) is -16.1. The molecule has 8 aliphatic rings. The summed E-state index contributed by atoms with van der Waals surface area (Å²) in [6.07, 6.45) is -26.7. The largest absolute Gasteiger partial charge is 0.509 e. The van der Waals surface area contributed by atoms with Gasteiger partial charge >= 0.3 is 60.1 Å². The highest BCUT2D eigenvalue weighted by Crippen LogP contribution is 2.67. The molecular weight excluding hydrogens is 1750 g/mol. The van der Waals surface area contributed by atoms with Gasteiger partial charge in [0.15, 0.2) is 35.0 Å². The molecule has 0 aromatic heterocycles. The number of aliphatic hydroxyl groups is 4. The SMILES string of the molecule is C/C=C(/COC(=O)OC(C(=O)OC1C[C@@]2(O)[C@@H](OC(=O)c3ccccc3)[C@@H]3[C@]4(OC(C)=O)CO[C@@H]4C[C@H](O)[C@@]3(C)C(=O)[C@H](OC(C)=O)C(=C1C)C2(C)C)[C@@H](NC(=O)c1ccccc1)c1ccccc1)COC(=O)OC(C(=O)OC1C[C@@]2(O)[C@@H](OC(=O)c3ccccc3)[C@H]3[C@](C)(C(=O)[C@H](OC(C)=O)C(=C1C)C2(C)C)[C@@H](O)CC1OC[C@]13OC(C)=O)[C@@H](NC(=O)c1ccccc1)c1ccccc1. The predicted molar refractivity (Wildman–Crippen MR) is 470 cm³/mol. The topological polar surface area (TPSA) is 473 Å². The van der Waals surface area contributed by atoms with E-state index in [0.29, 0.717) is 0 Å². The van der Waals surface area contributed by atoms with E-state index in [4.69, 9.17) is 66.3 Å². The molecular formula is C101H108N2O32. The zero-order valence-electron chi connectivity index (χ0n) is 76.5. The molecule has 6 N–H and O–H groups in total. The monoisotopic (exact) mass is 1860 g/mol. The molecule has 22 atom stereocenters. The van der Waals surface area contributed by atoms with Crippen molar-refractivity contribution in [1.82, 2.24) is 10.6 Å². The number of ketones is 2. The fourth-order valence-corrected chi connectivity index (χ4v) is 21.4. The smallest absolute Gasteiger partial charge is 0.455 e. The van der Waals surface area contributed by atoms with E-state index in [1.807, 2.05) is 0 Å². The van der Waals surface area contributed by atoms with E-state index in [-0.39, 0.29) is 74.1 Å². The van der Waals surface area contributed by atoms with Crippen molar-refractivity contribution >= 4 is 83.4 Å². The molecule has 2 aliphatic heterocycles. The summed E-state index contributed by atoms with van der Waals surface area (Å²) in [6.45, 7) is 14.4. The van der Waals surface area contributed by atoms with Crippen molar-refractivity contribution in [2.45, 2.75) is 223 Å². The Kier molecular flexibility index (Phi) is 27.8. The van der Waals surface area contributed by atoms with Crippen molar-refractivity contribution in [2.75, 3.05) is 26.4 Å². The van der Waals surface area contributed by atoms with Crippen LogP contribution in [0, 0.1) is 33.5 Å². The van der Waals surface area contributed by atoms with Crippen molar-refractivity contribution < 1.29 is 154 Å². The van der Waals surface area contributed by atoms with Crippen LogP contribution in [0.25, 0.3) is 0 Å². The Labute approximate surface area is 776 Å². The number of benzene rings is 6. The average Bonchev–Trinajstić information content (AvgIpc) is 0.670. The van der Waals surface area contributed by atoms with Crippen LogP contribution in [0.2, 0.25) is 0 Å². The molecule has 14 rings (SSSR count). The normalized spacial score (nSPS) is 30.3. The van der Waals surface area contributed by atoms with Crippen LogP contribution in [0.15, 0.2) is 216 Å². The maximum Gasteiger partial charge on any atom is 0.509 e. The number of rotatable bonds is 26. The molecule has 6 aromatic rings. The molecule has 2 amide bonds. The quantitative estimate of drug-likeness (QED) is 0.0167. The number of aliphatic hydroxyl groups excluding tert-OH is 2. The molecule has 6 aromatic carbocycles. The second-order valence-electron chi connectivity index (χ2n) is 36.9. The summed E-state index contributed by atoms with van der Waals surface area (Å²) in [5, 5.41) is 59.3. The highest BCUT2D eigenvalue weighted by molar-refractivity contribution is 5.99. The molecule has 4 bridgehead atoms. The van der Waals surface area contributed by atoms with Gasteiger partial charge in [0.25, 0.3) is 11.8 Å². The molecule has 6 aliphatic carbocycles. The molecule has 714 valence electrons. The Balaban J connectivity index is 0.793. The molecule has 0 spiro atoms. The maximum absolute atomic E-state index is 16.2. The number of allylic oxidation sites excluding steroid dienone is 1. The zero-order chi connectivity index (χ0) is 97.6. The second kappa shape index (κ2) is 38.3. The van der Waals surface area contributed by atoms with E-state index in [1.165, 1.54) is 165 Å². The predicted octanol–water partition coefficient (Wildman–Crippen LogP) is 9.75. The van der Waals surface area contributed by atoms with Crippen molar-refractivity contribution in [2.24, 2.45) is 33.5 Å². The van der Waals surface area contributed by atoms with Gasteiger partial charge < -0.3 is 97.4 Å². The molecule has 4 saturated carbocycles. The van der Waals surface area contributed by atoms with Gasteiger partial charge in [0, 0.05) is 80.9 Å². The van der Waals surface area contributed by atoms with Crippen LogP contribution in [0.4, 0.5) is 9.59 Å². The fourth-order valence-electron chi connectivity index (χ4n) is 21.4. The Morgan fingerprint density at radius 1 is 0.437 bits per heavy atom. The first kappa shape index (κ1) is 97.9. The van der Waals surface area contributed by atoms with Gasteiger partial charge in [0.05, 0.1) is 59.2 Å². The molecule has 2 heterocycles. The maximum atomic E-state index is 16.2. The summed E-state index contributed by atoms with van der Waals surface area (Å²) in [4.78, 5) is 208. The first-order chi connectivity index (χ1) is 63.9. The number of carbonyl (C=O) groups excluding carboxylic acids is 14. The molecule has 2 saturated heterocycles. The number of carbonyl (C=O) groups is 14. The van der Waals surface area contributed by atoms with Crippen LogP contribution in [0.1, 0.15) is 180 Å². The standard InChI is InChI=1S/C101H108N2O32/c1-14-59(49-122-92(118)130-78(74(60-33-21-15-22-34-60)102-86(112)62-37-25-17-26-38-62)90(116)128-66-47-100(120)84(132-88(114)64-41-29-19-30-42-64)80-96(12,68(108)45-70-98(80,51-124-70)134-57(6)106)82(110)76(126-55(4)104)72(53(66)2)94(100,8)9)50-123-93(119)131-79(75(61-35-23-16-24-36-61)103-87(113)63-39-27-18-28-40-63)91(117)129-67-48-101(121)85(133-89(115)65-43-31-20-32-44-65)81-97(13,69(109)46-71-99(81,52-125-71)135-58(7)107)83(111)77(127-56(5)105)73(54(67)3)95(101,10)11/h14-44,66-71,74-81,84-85,108-109,120-121H,45-52H2,1-13H3,(H,102,112)(H,103,113)/b59-14-/t66?,67?,68-,69-,70+,71?,74-,75-,76+,77+,78?,79?,80-,81-,84-,85-,96+,97+,98-,99-,100+,101+/m0/s1. The summed E-state index contributed by atoms with van der Waals surface area (Å²) >= 11 is 0. The van der Waals surface area contributed by atoms with E-state index >= 15 is 19.2 Å². The number of hydrogen-bond acceptors (Lipinski definition) is 32. The van der Waals surface area contributed by atoms with Gasteiger partial charge in [-0.05, 0) is 117 Å². The number of hydrogen-bond donors (Lipinski definition) is 6. The highest BCUT2D eigenvalue weighted by atomic mass is 16.8. The highest BCUT2D eigenvalue weighted by Gasteiger charge is 2.81. The van der Waals surface area contributed by atoms with Crippen molar-refractivity contribution in [3.63, 3.8) is 0 Å². The third-order valence-corrected chi connectivity index (χ3v) is 28.5. The number of amides is 2. The van der Waals surface area contributed by atoms with Gasteiger partial charge in [-0.1, -0.05) is 167 Å². The lowest BCUT2D eigenvalue weighted by molar-refractivity contribution is -0.346. The lowest BCUT2D eigenvalue weighted by Crippen LogP contribution is -2.82. The van der Waals surface area contributed by atoms with Gasteiger partial charge in [-0.15, -0.1) is 0 Å². The van der Waals surface area contributed by atoms with Crippen molar-refractivity contribution in [3.05, 3.63) is 249 Å². The van der Waals surface area contributed by atoms with Gasteiger partial charge in [-0.3, -0.25) is 38.4 Å². The van der Waals surface area contributed by atoms with Crippen LogP contribution in [-0.2, 0) is 105 Å². The first-order valence-corrected chi connectivity index (χ1v) is 44.3. The minimum Gasteiger partial charge on any atom is -0.455 e. The third-order valence-electron chi connectivity index (χ3n) is 28.5. The lowest BCUT2D eigenvalue weighted by atomic mass is 9.44. The third kappa shape index (κ3) is 17.9. The van der Waals surface area contributed by atoms with Crippen LogP contribution >= 0.6 is 0 Å². The zero-order valence-corrected chi connectivity index (χ0v) is 76.5. The second-order valence-corrected chi connectivity index (χ2v) is 36.9. The Hall–Kier alpha value is -13.1. The van der Waals surface area contributed by atoms with E-state index in [9.17, 15) is 68.4 Å². The number of Topliss-reactive ketones (excluding diaryl/α,β-unsaturated/α-hetero) is 2. The van der Waals surface area contributed by atoms with Gasteiger partial charge in [0.2, 0.25) is 12.2 Å². The number of ether oxygens (including phenoxy) is 14. The minimum absolute atomic E-state index is 0.0353. The molecule has 34 heteroatoms. The molecule has 5 unspecified atom stereocenters. The lowest BCUT2D eigenvalue weighted by Gasteiger charge is -2.67. The van der Waals surface area contributed by atoms with Crippen LogP contribution in [-0.4, -0.2) is 226 Å². The van der Waals surface area contributed by atoms with Gasteiger partial charge in [-0.25, -0.2) is 28.8 Å². The summed E-state index contributed by atoms with van der Waals surface area (Å²) < 4.78 is 86.2. The number of fused-ring (bicyclic) bond motifs is 10. The summed E-state index contributed by atoms with van der Waals surface area (Å²) in [7, 11) is 0. The van der Waals surface area contributed by atoms with Crippen LogP contribution < -0.4 is 10.6 Å². The van der Waals surface area contributed by atoms with E-state index in [2.05, 4.69) is 10.6 Å². The van der Waals surface area contributed by atoms with E-state index < -0.39 is 264 Å². The first-order valence-electron chi connectivity index (χ1n) is 44.3. The Bertz CT molecular complexity index is 5370. The summed E-state index contributed by atoms with van der Waals surface area (Å²) in [6, 6.07) is 42.2. The van der Waals surface area contributed by atoms with Crippen molar-refractivity contribution in [1.29, 1.82) is 0 Å². The minimum atomic E-state index is -2.67. The Morgan fingerprint density at radius 3 is 1.04 bits per heavy atom. The fraction of sp³-hybridized carbons (Fsp3) is 0.446. The molecule has 6 fully saturated rings. The average molecular weight is 1860 g/mol. The van der Waals surface area contributed by atoms with Gasteiger partial charge in [0.1, 0.15) is 73.1 Å². The number of esters is 8. The number of nitrogens with one attached hydrogen (secondary N) is 2. The molecule has 0 radical (unpaired) electrons. The Morgan fingerprint density at radius 2 is 0.748 bits per heavy atom. The van der Waals surface area contributed by atoms with E-state index in [0.717, 1.165) is 27.7 Å².